The summed E-state index contributed by atoms with van der Waals surface area (Å²) < 4.78 is 0. The van der Waals surface area contributed by atoms with E-state index in [0.29, 0.717) is 0 Å². The zero-order valence-corrected chi connectivity index (χ0v) is 12.3. The topological polar surface area (TPSA) is 50.9 Å². The molecule has 1 unspecified atom stereocenters. The van der Waals surface area contributed by atoms with Gasteiger partial charge in [-0.1, -0.05) is 30.3 Å². The number of hydrogen-bond donors (Lipinski definition) is 2. The van der Waals surface area contributed by atoms with Crippen LogP contribution in [0.25, 0.3) is 10.9 Å². The van der Waals surface area contributed by atoms with Crippen molar-refractivity contribution in [2.45, 2.75) is 19.9 Å². The number of rotatable bonds is 3. The molecule has 0 aliphatic rings. The zero-order chi connectivity index (χ0) is 14.8. The Morgan fingerprint density at radius 2 is 1.90 bits per heavy atom. The van der Waals surface area contributed by atoms with Crippen LogP contribution >= 0.6 is 0 Å². The number of nitrogens with two attached hydrogens (primary N) is 1. The quantitative estimate of drug-likeness (QED) is 0.570. The SMILES string of the molecule is Cc1cccc(C(NN)c2ccc3ncccc3c2)c1C. The van der Waals surface area contributed by atoms with Crippen LogP contribution in [0.4, 0.5) is 0 Å². The van der Waals surface area contributed by atoms with Crippen molar-refractivity contribution >= 4 is 10.9 Å². The Balaban J connectivity index is 2.11. The van der Waals surface area contributed by atoms with Gasteiger partial charge in [0.2, 0.25) is 0 Å². The number of benzene rings is 2. The summed E-state index contributed by atoms with van der Waals surface area (Å²) in [7, 11) is 0. The van der Waals surface area contributed by atoms with Gasteiger partial charge in [0.25, 0.3) is 0 Å². The van der Waals surface area contributed by atoms with E-state index >= 15 is 0 Å². The number of aromatic nitrogens is 1. The number of nitrogens with zero attached hydrogens (tertiary/aromatic N) is 1. The molecule has 0 saturated carbocycles. The minimum absolute atomic E-state index is 0.0190. The van der Waals surface area contributed by atoms with Crippen LogP contribution in [0.15, 0.2) is 54.7 Å². The Bertz CT molecular complexity index is 780. The normalized spacial score (nSPS) is 12.5. The molecule has 0 radical (unpaired) electrons. The first kappa shape index (κ1) is 13.7. The molecule has 21 heavy (non-hydrogen) atoms. The first-order valence-corrected chi connectivity index (χ1v) is 7.07. The Labute approximate surface area is 124 Å². The molecule has 1 aromatic heterocycles. The summed E-state index contributed by atoms with van der Waals surface area (Å²) in [6.07, 6.45) is 1.81. The smallest absolute Gasteiger partial charge is 0.0712 e. The van der Waals surface area contributed by atoms with Crippen LogP contribution in [0.5, 0.6) is 0 Å². The van der Waals surface area contributed by atoms with Gasteiger partial charge in [0.15, 0.2) is 0 Å². The van der Waals surface area contributed by atoms with E-state index in [4.69, 9.17) is 5.84 Å². The van der Waals surface area contributed by atoms with Crippen molar-refractivity contribution in [2.75, 3.05) is 0 Å². The Morgan fingerprint density at radius 1 is 1.05 bits per heavy atom. The van der Waals surface area contributed by atoms with Crippen LogP contribution in [0, 0.1) is 13.8 Å². The number of hydrogen-bond acceptors (Lipinski definition) is 3. The predicted molar refractivity (Wildman–Crippen MR) is 86.8 cm³/mol. The van der Waals surface area contributed by atoms with Crippen molar-refractivity contribution < 1.29 is 0 Å². The van der Waals surface area contributed by atoms with Gasteiger partial charge in [0.05, 0.1) is 11.6 Å². The molecular formula is C18H19N3. The third kappa shape index (κ3) is 2.53. The highest BCUT2D eigenvalue weighted by atomic mass is 15.2. The van der Waals surface area contributed by atoms with Gasteiger partial charge in [0, 0.05) is 11.6 Å². The van der Waals surface area contributed by atoms with Crippen molar-refractivity contribution in [1.29, 1.82) is 0 Å². The minimum Gasteiger partial charge on any atom is -0.271 e. The monoisotopic (exact) mass is 277 g/mol. The fourth-order valence-corrected chi connectivity index (χ4v) is 2.73. The first-order chi connectivity index (χ1) is 10.2. The summed E-state index contributed by atoms with van der Waals surface area (Å²) in [5.74, 6) is 5.83. The molecule has 0 bridgehead atoms. The van der Waals surface area contributed by atoms with Crippen molar-refractivity contribution in [3.8, 4) is 0 Å². The van der Waals surface area contributed by atoms with E-state index < -0.39 is 0 Å². The highest BCUT2D eigenvalue weighted by Gasteiger charge is 2.15. The molecule has 106 valence electrons. The number of hydrazine groups is 1. The molecule has 1 heterocycles. The maximum absolute atomic E-state index is 5.83. The zero-order valence-electron chi connectivity index (χ0n) is 12.3. The number of pyridine rings is 1. The van der Waals surface area contributed by atoms with Gasteiger partial charge >= 0.3 is 0 Å². The number of nitrogens with one attached hydrogen (secondary N) is 1. The second-order valence-corrected chi connectivity index (χ2v) is 5.34. The van der Waals surface area contributed by atoms with Gasteiger partial charge in [-0.2, -0.15) is 0 Å². The molecule has 3 rings (SSSR count). The van der Waals surface area contributed by atoms with Crippen LogP contribution < -0.4 is 11.3 Å². The fourth-order valence-electron chi connectivity index (χ4n) is 2.73. The van der Waals surface area contributed by atoms with Gasteiger partial charge < -0.3 is 0 Å². The Kier molecular flexibility index (Phi) is 3.69. The summed E-state index contributed by atoms with van der Waals surface area (Å²) in [6, 6.07) is 16.6. The number of aryl methyl sites for hydroxylation is 1. The van der Waals surface area contributed by atoms with E-state index in [1.54, 1.807) is 0 Å². The standard InChI is InChI=1S/C18H19N3/c1-12-5-3-7-16(13(12)2)18(21-19)15-8-9-17-14(11-15)6-4-10-20-17/h3-11,18,21H,19H2,1-2H3. The summed E-state index contributed by atoms with van der Waals surface area (Å²) in [5.41, 5.74) is 8.84. The Hall–Kier alpha value is -2.23. The largest absolute Gasteiger partial charge is 0.271 e. The summed E-state index contributed by atoms with van der Waals surface area (Å²) in [5, 5.41) is 1.13. The second kappa shape index (κ2) is 5.64. The van der Waals surface area contributed by atoms with Crippen molar-refractivity contribution in [2.24, 2.45) is 5.84 Å². The number of fused-ring (bicyclic) bond motifs is 1. The minimum atomic E-state index is -0.0190. The maximum Gasteiger partial charge on any atom is 0.0712 e. The third-order valence-corrected chi connectivity index (χ3v) is 4.08. The van der Waals surface area contributed by atoms with Crippen molar-refractivity contribution in [3.05, 3.63) is 77.0 Å². The molecule has 3 nitrogen and oxygen atoms in total. The molecule has 0 amide bonds. The van der Waals surface area contributed by atoms with E-state index in [1.807, 2.05) is 18.3 Å². The Morgan fingerprint density at radius 3 is 2.71 bits per heavy atom. The van der Waals surface area contributed by atoms with Crippen LogP contribution in [0.2, 0.25) is 0 Å². The molecule has 0 saturated heterocycles. The highest BCUT2D eigenvalue weighted by molar-refractivity contribution is 5.79. The van der Waals surface area contributed by atoms with Crippen molar-refractivity contribution in [3.63, 3.8) is 0 Å². The van der Waals surface area contributed by atoms with Gasteiger partial charge in [-0.25, -0.2) is 5.43 Å². The maximum atomic E-state index is 5.83. The van der Waals surface area contributed by atoms with Crippen LogP contribution in [-0.2, 0) is 0 Å². The van der Waals surface area contributed by atoms with E-state index in [1.165, 1.54) is 16.7 Å². The van der Waals surface area contributed by atoms with Gasteiger partial charge in [0.1, 0.15) is 0 Å². The average molecular weight is 277 g/mol. The van der Waals surface area contributed by atoms with Gasteiger partial charge in [-0.15, -0.1) is 0 Å². The van der Waals surface area contributed by atoms with Crippen molar-refractivity contribution in [1.82, 2.24) is 10.4 Å². The molecule has 3 heteroatoms. The molecule has 3 N–H and O–H groups in total. The summed E-state index contributed by atoms with van der Waals surface area (Å²) >= 11 is 0. The van der Waals surface area contributed by atoms with E-state index in [-0.39, 0.29) is 6.04 Å². The molecule has 2 aromatic carbocycles. The predicted octanol–water partition coefficient (Wildman–Crippen LogP) is 3.40. The second-order valence-electron chi connectivity index (χ2n) is 5.34. The summed E-state index contributed by atoms with van der Waals surface area (Å²) in [6.45, 7) is 4.26. The molecule has 0 fully saturated rings. The van der Waals surface area contributed by atoms with Gasteiger partial charge in [-0.05, 0) is 54.3 Å². The lowest BCUT2D eigenvalue weighted by atomic mass is 9.92. The van der Waals surface area contributed by atoms with Crippen LogP contribution in [0.1, 0.15) is 28.3 Å². The van der Waals surface area contributed by atoms with Crippen LogP contribution in [-0.4, -0.2) is 4.98 Å². The lowest BCUT2D eigenvalue weighted by molar-refractivity contribution is 0.634. The van der Waals surface area contributed by atoms with Gasteiger partial charge in [-0.3, -0.25) is 10.8 Å². The molecule has 0 spiro atoms. The molecule has 3 aromatic rings. The average Bonchev–Trinajstić information content (AvgIpc) is 2.52. The lowest BCUT2D eigenvalue weighted by Gasteiger charge is -2.20. The third-order valence-electron chi connectivity index (χ3n) is 4.08. The first-order valence-electron chi connectivity index (χ1n) is 7.07. The molecule has 0 aliphatic carbocycles. The van der Waals surface area contributed by atoms with E-state index in [9.17, 15) is 0 Å². The molecular weight excluding hydrogens is 258 g/mol. The van der Waals surface area contributed by atoms with Crippen LogP contribution in [0.3, 0.4) is 0 Å². The fraction of sp³-hybridized carbons (Fsp3) is 0.167. The molecule has 1 atom stereocenters. The lowest BCUT2D eigenvalue weighted by Crippen LogP contribution is -2.29. The van der Waals surface area contributed by atoms with E-state index in [0.717, 1.165) is 16.5 Å². The molecule has 0 aliphatic heterocycles. The summed E-state index contributed by atoms with van der Waals surface area (Å²) in [4.78, 5) is 4.36. The highest BCUT2D eigenvalue weighted by Crippen LogP contribution is 2.27. The van der Waals surface area contributed by atoms with E-state index in [2.05, 4.69) is 60.7 Å².